The molecule has 4 heteroatoms. The van der Waals surface area contributed by atoms with Gasteiger partial charge in [-0.2, -0.15) is 0 Å². The summed E-state index contributed by atoms with van der Waals surface area (Å²) in [5.41, 5.74) is 4.73. The van der Waals surface area contributed by atoms with Gasteiger partial charge in [-0.25, -0.2) is 0 Å². The summed E-state index contributed by atoms with van der Waals surface area (Å²) in [5.74, 6) is 0.939. The largest absolute Gasteiger partial charge is 0.497 e. The van der Waals surface area contributed by atoms with Crippen LogP contribution in [0.2, 0.25) is 0 Å². The van der Waals surface area contributed by atoms with Gasteiger partial charge in [0.1, 0.15) is 5.75 Å². The minimum absolute atomic E-state index is 0.0402. The van der Waals surface area contributed by atoms with Crippen LogP contribution in [0.5, 0.6) is 5.75 Å². The quantitative estimate of drug-likeness (QED) is 0.457. The molecule has 4 nitrogen and oxygen atoms in total. The van der Waals surface area contributed by atoms with Crippen molar-refractivity contribution in [1.29, 1.82) is 0 Å². The molecule has 1 unspecified atom stereocenters. The zero-order chi connectivity index (χ0) is 23.3. The Hall–Kier alpha value is -2.98. The van der Waals surface area contributed by atoms with Gasteiger partial charge in [-0.15, -0.1) is 0 Å². The third-order valence-corrected chi connectivity index (χ3v) is 8.35. The third-order valence-electron chi connectivity index (χ3n) is 8.35. The molecule has 3 aromatic rings. The van der Waals surface area contributed by atoms with Crippen LogP contribution in [0.25, 0.3) is 16.8 Å². The number of hydrogen-bond acceptors (Lipinski definition) is 4. The summed E-state index contributed by atoms with van der Waals surface area (Å²) < 4.78 is 12.5. The van der Waals surface area contributed by atoms with Gasteiger partial charge in [-0.3, -0.25) is 0 Å². The number of benzene rings is 3. The number of rotatable bonds is 4. The Labute approximate surface area is 202 Å². The molecule has 1 atom stereocenters. The van der Waals surface area contributed by atoms with Crippen molar-refractivity contribution >= 4 is 28.2 Å². The number of methoxy groups -OCH3 is 1. The molecule has 2 fully saturated rings. The van der Waals surface area contributed by atoms with Crippen molar-refractivity contribution in [2.24, 2.45) is 0 Å². The Morgan fingerprint density at radius 3 is 2.53 bits per heavy atom. The molecule has 34 heavy (non-hydrogen) atoms. The first kappa shape index (κ1) is 21.5. The van der Waals surface area contributed by atoms with Gasteiger partial charge in [0.15, 0.2) is 5.72 Å². The fourth-order valence-electron chi connectivity index (χ4n) is 6.81. The van der Waals surface area contributed by atoms with Crippen LogP contribution < -0.4 is 14.5 Å². The Bertz CT molecular complexity index is 1260. The fourth-order valence-corrected chi connectivity index (χ4v) is 6.81. The molecular weight excluding hydrogens is 420 g/mol. The summed E-state index contributed by atoms with van der Waals surface area (Å²) in [4.78, 5) is 4.72. The molecule has 0 aromatic heterocycles. The third kappa shape index (κ3) is 2.94. The van der Waals surface area contributed by atoms with Gasteiger partial charge < -0.3 is 19.3 Å². The van der Waals surface area contributed by atoms with Gasteiger partial charge in [-0.05, 0) is 59.7 Å². The molecule has 176 valence electrons. The van der Waals surface area contributed by atoms with Crippen molar-refractivity contribution in [3.63, 3.8) is 0 Å². The minimum Gasteiger partial charge on any atom is -0.497 e. The van der Waals surface area contributed by atoms with Crippen LogP contribution in [0, 0.1) is 0 Å². The highest BCUT2D eigenvalue weighted by molar-refractivity contribution is 5.99. The lowest BCUT2D eigenvalue weighted by Crippen LogP contribution is -2.55. The van der Waals surface area contributed by atoms with Crippen LogP contribution >= 0.6 is 0 Å². The maximum Gasteiger partial charge on any atom is 0.170 e. The van der Waals surface area contributed by atoms with Crippen LogP contribution in [0.15, 0.2) is 60.7 Å². The van der Waals surface area contributed by atoms with Gasteiger partial charge >= 0.3 is 0 Å². The molecule has 1 saturated carbocycles. The lowest BCUT2D eigenvalue weighted by atomic mass is 9.64. The monoisotopic (exact) mass is 454 g/mol. The van der Waals surface area contributed by atoms with Crippen molar-refractivity contribution in [3.05, 3.63) is 71.8 Å². The van der Waals surface area contributed by atoms with E-state index in [1.165, 1.54) is 52.5 Å². The van der Waals surface area contributed by atoms with Gasteiger partial charge in [0, 0.05) is 42.8 Å². The molecule has 1 aliphatic carbocycles. The van der Waals surface area contributed by atoms with Crippen molar-refractivity contribution in [2.45, 2.75) is 43.2 Å². The number of hydrogen-bond donors (Lipinski definition) is 0. The first-order valence-corrected chi connectivity index (χ1v) is 12.6. The molecule has 2 heterocycles. The van der Waals surface area contributed by atoms with Crippen molar-refractivity contribution < 1.29 is 9.47 Å². The second-order valence-corrected chi connectivity index (χ2v) is 10.2. The maximum atomic E-state index is 6.80. The number of nitrogens with zero attached hydrogens (tertiary/aromatic N) is 2. The molecule has 3 aromatic carbocycles. The molecule has 2 aliphatic heterocycles. The second-order valence-electron chi connectivity index (χ2n) is 10.2. The first-order valence-electron chi connectivity index (χ1n) is 12.6. The van der Waals surface area contributed by atoms with E-state index < -0.39 is 5.72 Å². The summed E-state index contributed by atoms with van der Waals surface area (Å²) in [7, 11) is 5.98. The van der Waals surface area contributed by atoms with E-state index in [4.69, 9.17) is 9.47 Å². The summed E-state index contributed by atoms with van der Waals surface area (Å²) >= 11 is 0. The molecular formula is C30H34N2O2. The van der Waals surface area contributed by atoms with Crippen LogP contribution in [0.3, 0.4) is 0 Å². The predicted molar refractivity (Wildman–Crippen MR) is 141 cm³/mol. The van der Waals surface area contributed by atoms with Gasteiger partial charge in [0.2, 0.25) is 0 Å². The first-order chi connectivity index (χ1) is 16.6. The van der Waals surface area contributed by atoms with Crippen LogP contribution in [-0.4, -0.2) is 40.1 Å². The van der Waals surface area contributed by atoms with E-state index in [1.54, 1.807) is 7.11 Å². The van der Waals surface area contributed by atoms with Crippen molar-refractivity contribution in [3.8, 4) is 5.75 Å². The Morgan fingerprint density at radius 1 is 0.971 bits per heavy atom. The molecule has 0 radical (unpaired) electrons. The average Bonchev–Trinajstić information content (AvgIpc) is 3.39. The summed E-state index contributed by atoms with van der Waals surface area (Å²) in [6, 6.07) is 19.8. The number of ether oxygens (including phenoxy) is 2. The highest BCUT2D eigenvalue weighted by Gasteiger charge is 2.63. The molecule has 6 rings (SSSR count). The van der Waals surface area contributed by atoms with E-state index in [1.807, 2.05) is 0 Å². The zero-order valence-electron chi connectivity index (χ0n) is 20.5. The smallest absolute Gasteiger partial charge is 0.170 e. The fraction of sp³-hybridized carbons (Fsp3) is 0.400. The Balaban J connectivity index is 1.51. The van der Waals surface area contributed by atoms with Gasteiger partial charge in [0.25, 0.3) is 0 Å². The highest BCUT2D eigenvalue weighted by Crippen LogP contribution is 2.61. The van der Waals surface area contributed by atoms with E-state index in [-0.39, 0.29) is 5.41 Å². The van der Waals surface area contributed by atoms with E-state index in [0.717, 1.165) is 31.7 Å². The van der Waals surface area contributed by atoms with E-state index in [2.05, 4.69) is 90.6 Å². The van der Waals surface area contributed by atoms with E-state index in [0.29, 0.717) is 0 Å². The molecule has 1 spiro atoms. The van der Waals surface area contributed by atoms with Crippen LogP contribution in [0.1, 0.15) is 43.2 Å². The maximum absolute atomic E-state index is 6.80. The summed E-state index contributed by atoms with van der Waals surface area (Å²) in [6.07, 6.45) is 10.8. The number of anilines is 2. The zero-order valence-corrected chi connectivity index (χ0v) is 20.5. The standard InChI is InChI=1S/C30H34N2O2/c1-31(2)27-13-11-22(24-9-5-6-10-25(24)27)15-18-30-29(16-7-4-8-17-29)26-21-23(33-3)12-14-28(26)32(30)19-20-34-30/h5-6,9-15,18,21H,4,7-8,16-17,19-20H2,1-3H3/b18-15+. The molecule has 3 aliphatic rings. The van der Waals surface area contributed by atoms with Gasteiger partial charge in [-0.1, -0.05) is 55.7 Å². The van der Waals surface area contributed by atoms with E-state index >= 15 is 0 Å². The lowest BCUT2D eigenvalue weighted by Gasteiger charge is -2.46. The van der Waals surface area contributed by atoms with Crippen LogP contribution in [0.4, 0.5) is 11.4 Å². The summed E-state index contributed by atoms with van der Waals surface area (Å²) in [5, 5.41) is 2.56. The normalized spacial score (nSPS) is 23.0. The van der Waals surface area contributed by atoms with Crippen molar-refractivity contribution in [2.75, 3.05) is 44.2 Å². The topological polar surface area (TPSA) is 24.9 Å². The molecule has 0 amide bonds. The summed E-state index contributed by atoms with van der Waals surface area (Å²) in [6.45, 7) is 1.68. The number of fused-ring (bicyclic) bond motifs is 6. The minimum atomic E-state index is -0.441. The van der Waals surface area contributed by atoms with E-state index in [9.17, 15) is 0 Å². The highest BCUT2D eigenvalue weighted by atomic mass is 16.5. The molecule has 0 bridgehead atoms. The SMILES string of the molecule is COc1ccc2c(c1)C1(CCCCC1)C1(/C=C/c3ccc(N(C)C)c4ccccc34)OCCN21. The predicted octanol–water partition coefficient (Wildman–Crippen LogP) is 6.38. The average molecular weight is 455 g/mol. The lowest BCUT2D eigenvalue weighted by molar-refractivity contribution is -0.0285. The molecule has 1 saturated heterocycles. The van der Waals surface area contributed by atoms with Gasteiger partial charge in [0.05, 0.1) is 13.7 Å². The molecule has 0 N–H and O–H groups in total. The second kappa shape index (κ2) is 8.06. The Morgan fingerprint density at radius 2 is 1.76 bits per heavy atom. The van der Waals surface area contributed by atoms with Crippen LogP contribution in [-0.2, 0) is 10.2 Å². The van der Waals surface area contributed by atoms with Crippen molar-refractivity contribution in [1.82, 2.24) is 0 Å². The Kier molecular flexibility index (Phi) is 5.11.